The highest BCUT2D eigenvalue weighted by atomic mass is 32.1. The van der Waals surface area contributed by atoms with Crippen LogP contribution in [0.5, 0.6) is 0 Å². The van der Waals surface area contributed by atoms with Crippen LogP contribution in [0.3, 0.4) is 0 Å². The number of hydrogen-bond donors (Lipinski definition) is 1. The molecule has 1 atom stereocenters. The zero-order chi connectivity index (χ0) is 10.1. The molecule has 0 saturated heterocycles. The number of hydrogen-bond acceptors (Lipinski definition) is 2. The quantitative estimate of drug-likeness (QED) is 0.615. The van der Waals surface area contributed by atoms with Gasteiger partial charge in [-0.05, 0) is 12.3 Å². The normalized spacial score (nSPS) is 12.8. The van der Waals surface area contributed by atoms with Gasteiger partial charge < -0.3 is 4.74 Å². The Labute approximate surface area is 86.5 Å². The average molecular weight is 204 g/mol. The fourth-order valence-electron chi connectivity index (χ4n) is 1.21. The topological polar surface area (TPSA) is 26.3 Å². The van der Waals surface area contributed by atoms with Crippen LogP contribution in [-0.4, -0.2) is 18.3 Å². The van der Waals surface area contributed by atoms with Gasteiger partial charge in [-0.15, -0.1) is 12.6 Å². The van der Waals surface area contributed by atoms with E-state index in [-0.39, 0.29) is 11.7 Å². The largest absolute Gasteiger partial charge is 0.372 e. The fourth-order valence-corrected chi connectivity index (χ4v) is 1.30. The van der Waals surface area contributed by atoms with E-state index in [9.17, 15) is 4.79 Å². The fraction of sp³-hybridized carbons (Fsp3) is 0.900. The third-order valence-corrected chi connectivity index (χ3v) is 2.25. The van der Waals surface area contributed by atoms with Gasteiger partial charge in [0.25, 0.3) is 0 Å². The number of thiol groups is 1. The molecule has 0 amide bonds. The molecule has 0 aromatic heterocycles. The number of carbonyl (C=O) groups excluding carboxylic acids is 1. The molecule has 0 aromatic rings. The molecule has 1 unspecified atom stereocenters. The highest BCUT2D eigenvalue weighted by Crippen LogP contribution is 2.12. The molecule has 0 saturated carbocycles. The molecule has 0 N–H and O–H groups in total. The molecule has 78 valence electrons. The molecule has 0 rings (SSSR count). The summed E-state index contributed by atoms with van der Waals surface area (Å²) < 4.78 is 5.22. The highest BCUT2D eigenvalue weighted by molar-refractivity contribution is 7.96. The Bertz CT molecular complexity index is 137. The number of rotatable bonds is 8. The summed E-state index contributed by atoms with van der Waals surface area (Å²) >= 11 is 3.64. The van der Waals surface area contributed by atoms with Crippen molar-refractivity contribution in [2.24, 2.45) is 5.92 Å². The van der Waals surface area contributed by atoms with Crippen molar-refractivity contribution < 1.29 is 9.53 Å². The Morgan fingerprint density at radius 1 is 1.46 bits per heavy atom. The maximum absolute atomic E-state index is 10.5. The van der Waals surface area contributed by atoms with Gasteiger partial charge >= 0.3 is 0 Å². The van der Waals surface area contributed by atoms with E-state index in [1.807, 2.05) is 0 Å². The minimum absolute atomic E-state index is 0.145. The van der Waals surface area contributed by atoms with E-state index in [2.05, 4.69) is 26.5 Å². The van der Waals surface area contributed by atoms with E-state index in [4.69, 9.17) is 4.74 Å². The molecule has 0 fully saturated rings. The molecule has 0 heterocycles. The van der Waals surface area contributed by atoms with E-state index < -0.39 is 0 Å². The summed E-state index contributed by atoms with van der Waals surface area (Å²) in [6, 6.07) is 0. The summed E-state index contributed by atoms with van der Waals surface area (Å²) in [5.41, 5.74) is 0. The zero-order valence-electron chi connectivity index (χ0n) is 8.58. The van der Waals surface area contributed by atoms with E-state index in [1.54, 1.807) is 0 Å². The van der Waals surface area contributed by atoms with Crippen molar-refractivity contribution in [2.75, 3.05) is 13.2 Å². The molecular formula is C10H20O2S. The van der Waals surface area contributed by atoms with Gasteiger partial charge in [0.15, 0.2) is 0 Å². The van der Waals surface area contributed by atoms with Crippen molar-refractivity contribution in [1.29, 1.82) is 0 Å². The van der Waals surface area contributed by atoms with Gasteiger partial charge in [0.05, 0.1) is 6.61 Å². The SMILES string of the molecule is CCCCC(CC)COCC(=O)S. The van der Waals surface area contributed by atoms with Crippen molar-refractivity contribution in [3.05, 3.63) is 0 Å². The smallest absolute Gasteiger partial charge is 0.211 e. The molecule has 2 nitrogen and oxygen atoms in total. The lowest BCUT2D eigenvalue weighted by molar-refractivity contribution is -0.115. The molecule has 3 heteroatoms. The van der Waals surface area contributed by atoms with Gasteiger partial charge in [0.2, 0.25) is 5.12 Å². The predicted molar refractivity (Wildman–Crippen MR) is 58.1 cm³/mol. The van der Waals surface area contributed by atoms with Crippen LogP contribution in [0.2, 0.25) is 0 Å². The maximum Gasteiger partial charge on any atom is 0.211 e. The van der Waals surface area contributed by atoms with Crippen LogP contribution in [0, 0.1) is 5.92 Å². The molecule has 0 spiro atoms. The minimum Gasteiger partial charge on any atom is -0.372 e. The summed E-state index contributed by atoms with van der Waals surface area (Å²) in [6.45, 7) is 5.19. The van der Waals surface area contributed by atoms with Gasteiger partial charge in [0, 0.05) is 0 Å². The van der Waals surface area contributed by atoms with E-state index in [0.717, 1.165) is 6.42 Å². The first-order valence-corrected chi connectivity index (χ1v) is 5.44. The summed E-state index contributed by atoms with van der Waals surface area (Å²) in [5.74, 6) is 0.604. The van der Waals surface area contributed by atoms with Crippen molar-refractivity contribution in [3.63, 3.8) is 0 Å². The van der Waals surface area contributed by atoms with E-state index in [1.165, 1.54) is 19.3 Å². The third kappa shape index (κ3) is 8.31. The van der Waals surface area contributed by atoms with Crippen LogP contribution >= 0.6 is 12.6 Å². The van der Waals surface area contributed by atoms with Gasteiger partial charge in [-0.1, -0.05) is 33.1 Å². The Morgan fingerprint density at radius 3 is 2.62 bits per heavy atom. The zero-order valence-corrected chi connectivity index (χ0v) is 9.48. The van der Waals surface area contributed by atoms with Gasteiger partial charge in [-0.25, -0.2) is 0 Å². The minimum atomic E-state index is -0.189. The first kappa shape index (κ1) is 13.0. The van der Waals surface area contributed by atoms with Crippen LogP contribution in [0.15, 0.2) is 0 Å². The first-order valence-electron chi connectivity index (χ1n) is 5.00. The number of unbranched alkanes of at least 4 members (excludes halogenated alkanes) is 1. The lowest BCUT2D eigenvalue weighted by atomic mass is 10.0. The average Bonchev–Trinajstić information content (AvgIpc) is 2.10. The molecule has 0 aliphatic rings. The van der Waals surface area contributed by atoms with Crippen LogP contribution in [-0.2, 0) is 9.53 Å². The Balaban J connectivity index is 3.41. The van der Waals surface area contributed by atoms with Crippen molar-refractivity contribution in [3.8, 4) is 0 Å². The molecule has 13 heavy (non-hydrogen) atoms. The van der Waals surface area contributed by atoms with Crippen LogP contribution in [0.25, 0.3) is 0 Å². The summed E-state index contributed by atoms with van der Waals surface area (Å²) in [6.07, 6.45) is 4.80. The molecular weight excluding hydrogens is 184 g/mol. The molecule has 0 bridgehead atoms. The lowest BCUT2D eigenvalue weighted by Crippen LogP contribution is -2.12. The van der Waals surface area contributed by atoms with E-state index >= 15 is 0 Å². The third-order valence-electron chi connectivity index (χ3n) is 2.12. The van der Waals surface area contributed by atoms with Crippen molar-refractivity contribution in [1.82, 2.24) is 0 Å². The summed E-state index contributed by atoms with van der Waals surface area (Å²) in [7, 11) is 0. The molecule has 0 aliphatic heterocycles. The monoisotopic (exact) mass is 204 g/mol. The second kappa shape index (κ2) is 8.57. The molecule has 0 aliphatic carbocycles. The Kier molecular flexibility index (Phi) is 8.56. The first-order chi connectivity index (χ1) is 6.20. The Hall–Kier alpha value is -0.0200. The second-order valence-electron chi connectivity index (χ2n) is 3.33. The van der Waals surface area contributed by atoms with Crippen LogP contribution in [0.4, 0.5) is 0 Å². The Morgan fingerprint density at radius 2 is 2.15 bits per heavy atom. The van der Waals surface area contributed by atoms with Crippen LogP contribution in [0.1, 0.15) is 39.5 Å². The molecule has 0 radical (unpaired) electrons. The summed E-state index contributed by atoms with van der Waals surface area (Å²) in [4.78, 5) is 10.5. The van der Waals surface area contributed by atoms with Gasteiger partial charge in [-0.2, -0.15) is 0 Å². The van der Waals surface area contributed by atoms with Crippen molar-refractivity contribution >= 4 is 17.7 Å². The lowest BCUT2D eigenvalue weighted by Gasteiger charge is -2.13. The standard InChI is InChI=1S/C10H20O2S/c1-3-5-6-9(4-2)7-12-8-10(11)13/h9H,3-8H2,1-2H3,(H,11,13). The van der Waals surface area contributed by atoms with Crippen molar-refractivity contribution in [2.45, 2.75) is 39.5 Å². The van der Waals surface area contributed by atoms with Gasteiger partial charge in [0.1, 0.15) is 6.61 Å². The van der Waals surface area contributed by atoms with Crippen LogP contribution < -0.4 is 0 Å². The second-order valence-corrected chi connectivity index (χ2v) is 3.82. The number of ether oxygens (including phenoxy) is 1. The maximum atomic E-state index is 10.5. The van der Waals surface area contributed by atoms with E-state index in [0.29, 0.717) is 12.5 Å². The predicted octanol–water partition coefficient (Wildman–Crippen LogP) is 2.68. The number of carbonyl (C=O) groups is 1. The summed E-state index contributed by atoms with van der Waals surface area (Å²) in [5, 5.41) is -0.189. The highest BCUT2D eigenvalue weighted by Gasteiger charge is 2.06. The van der Waals surface area contributed by atoms with Gasteiger partial charge in [-0.3, -0.25) is 4.79 Å². The molecule has 0 aromatic carbocycles.